The van der Waals surface area contributed by atoms with Gasteiger partial charge in [0.1, 0.15) is 6.73 Å². The summed E-state index contributed by atoms with van der Waals surface area (Å²) in [6.07, 6.45) is 8.16. The minimum absolute atomic E-state index is 0.0541. The monoisotopic (exact) mass is 476 g/mol. The molecule has 3 rings (SSSR count). The smallest absolute Gasteiger partial charge is 0.123 e. The molecule has 0 spiro atoms. The normalized spacial score (nSPS) is 13.8. The van der Waals surface area contributed by atoms with Crippen LogP contribution in [0.15, 0.2) is 66.6 Å². The summed E-state index contributed by atoms with van der Waals surface area (Å²) >= 11 is 0. The summed E-state index contributed by atoms with van der Waals surface area (Å²) in [5.41, 5.74) is 5.87. The fourth-order valence-electron chi connectivity index (χ4n) is 3.82. The maximum Gasteiger partial charge on any atom is 0.123 e. The molecule has 1 aromatic carbocycles. The van der Waals surface area contributed by atoms with Crippen LogP contribution in [0, 0.1) is 0 Å². The second kappa shape index (κ2) is 11.9. The lowest BCUT2D eigenvalue weighted by atomic mass is 10.0. The Hall–Kier alpha value is -2.96. The molecule has 180 valence electrons. The molecule has 0 saturated heterocycles. The molecule has 6 nitrogen and oxygen atoms in total. The molecule has 0 radical (unpaired) electrons. The van der Waals surface area contributed by atoms with Crippen molar-refractivity contribution in [1.29, 1.82) is 0 Å². The lowest BCUT2D eigenvalue weighted by molar-refractivity contribution is 0.0856. The van der Waals surface area contributed by atoms with Crippen molar-refractivity contribution in [1.82, 2.24) is 14.3 Å². The molecule has 2 aromatic heterocycles. The van der Waals surface area contributed by atoms with Gasteiger partial charge in [-0.3, -0.25) is 9.67 Å². The fraction of sp³-hybridized carbons (Fsp3) is 0.370. The maximum absolute atomic E-state index is 9.64. The summed E-state index contributed by atoms with van der Waals surface area (Å²) in [6, 6.07) is 13.2. The van der Waals surface area contributed by atoms with Gasteiger partial charge in [-0.2, -0.15) is 5.10 Å². The lowest BCUT2D eigenvalue weighted by Crippen LogP contribution is -2.31. The van der Waals surface area contributed by atoms with Crippen LogP contribution in [-0.4, -0.2) is 47.0 Å². The van der Waals surface area contributed by atoms with E-state index < -0.39 is 8.07 Å². The maximum atomic E-state index is 9.64. The van der Waals surface area contributed by atoms with Crippen LogP contribution in [0.2, 0.25) is 25.7 Å². The summed E-state index contributed by atoms with van der Waals surface area (Å²) < 4.78 is 9.87. The molecule has 2 heterocycles. The Labute approximate surface area is 203 Å². The molecule has 1 atom stereocenters. The molecule has 0 amide bonds. The molecule has 0 fully saturated rings. The van der Waals surface area contributed by atoms with Crippen LogP contribution in [-0.2, 0) is 11.5 Å². The highest BCUT2D eigenvalue weighted by molar-refractivity contribution is 6.76. The standard InChI is InChI=1S/C27H36N4O2Si/c1-6-25-24(13-15-30(25)21-33-17-18-34(3,4)5)27(28-7-2)23-19-29-31(20-23)26(14-16-32)22-11-9-8-10-12-22/h7-13,15,19-20,26,32H,1,14,16-18,21H2,2-5H3/b27-24-,28-7?. The number of aliphatic imine (C=N–C) groups is 1. The quantitative estimate of drug-likeness (QED) is 0.260. The first-order chi connectivity index (χ1) is 16.4. The predicted molar refractivity (Wildman–Crippen MR) is 142 cm³/mol. The van der Waals surface area contributed by atoms with Crippen molar-refractivity contribution >= 4 is 25.7 Å². The van der Waals surface area contributed by atoms with E-state index in [1.165, 1.54) is 0 Å². The summed E-state index contributed by atoms with van der Waals surface area (Å²) in [6.45, 7) is 14.1. The van der Waals surface area contributed by atoms with E-state index in [1.807, 2.05) is 59.0 Å². The summed E-state index contributed by atoms with van der Waals surface area (Å²) in [4.78, 5) is 4.68. The molecule has 0 saturated carbocycles. The van der Waals surface area contributed by atoms with Gasteiger partial charge in [0, 0.05) is 50.7 Å². The average Bonchev–Trinajstić information content (AvgIpc) is 3.46. The summed E-state index contributed by atoms with van der Waals surface area (Å²) in [5.74, 6) is 0. The van der Waals surface area contributed by atoms with Gasteiger partial charge in [-0.05, 0) is 31.0 Å². The van der Waals surface area contributed by atoms with Gasteiger partial charge in [0.15, 0.2) is 0 Å². The second-order valence-corrected chi connectivity index (χ2v) is 15.1. The van der Waals surface area contributed by atoms with Crippen molar-refractivity contribution in [2.75, 3.05) is 13.2 Å². The number of rotatable bonds is 11. The molecular formula is C27H36N4O2Si. The number of aromatic nitrogens is 3. The van der Waals surface area contributed by atoms with E-state index in [2.05, 4.69) is 54.2 Å². The van der Waals surface area contributed by atoms with Gasteiger partial charge in [0.05, 0.1) is 23.3 Å². The Morgan fingerprint density at radius 1 is 1.26 bits per heavy atom. The first kappa shape index (κ1) is 25.7. The van der Waals surface area contributed by atoms with E-state index in [0.717, 1.165) is 40.0 Å². The Kier molecular flexibility index (Phi) is 9.02. The fourth-order valence-corrected chi connectivity index (χ4v) is 4.57. The Morgan fingerprint density at radius 2 is 2.03 bits per heavy atom. The van der Waals surface area contributed by atoms with Crippen LogP contribution < -0.4 is 10.6 Å². The number of aliphatic hydroxyl groups is 1. The Balaban J connectivity index is 1.97. The Bertz CT molecular complexity index is 1230. The average molecular weight is 477 g/mol. The van der Waals surface area contributed by atoms with Gasteiger partial charge in [-0.25, -0.2) is 0 Å². The van der Waals surface area contributed by atoms with Gasteiger partial charge in [0.25, 0.3) is 0 Å². The second-order valence-electron chi connectivity index (χ2n) is 9.46. The third kappa shape index (κ3) is 6.55. The van der Waals surface area contributed by atoms with E-state index in [-0.39, 0.29) is 12.6 Å². The number of benzene rings is 1. The van der Waals surface area contributed by atoms with Gasteiger partial charge in [0.2, 0.25) is 0 Å². The molecule has 34 heavy (non-hydrogen) atoms. The van der Waals surface area contributed by atoms with Gasteiger partial charge >= 0.3 is 0 Å². The predicted octanol–water partition coefficient (Wildman–Crippen LogP) is 3.78. The Morgan fingerprint density at radius 3 is 2.68 bits per heavy atom. The van der Waals surface area contributed by atoms with Crippen LogP contribution in [0.1, 0.15) is 30.5 Å². The zero-order chi connectivity index (χ0) is 24.6. The van der Waals surface area contributed by atoms with E-state index in [1.54, 1.807) is 6.21 Å². The van der Waals surface area contributed by atoms with E-state index in [0.29, 0.717) is 13.2 Å². The minimum Gasteiger partial charge on any atom is -0.396 e. The highest BCUT2D eigenvalue weighted by Gasteiger charge is 2.16. The molecule has 7 heteroatoms. The van der Waals surface area contributed by atoms with Crippen molar-refractivity contribution in [2.45, 2.75) is 51.8 Å². The molecule has 3 aromatic rings. The molecule has 1 N–H and O–H groups in total. The minimum atomic E-state index is -1.13. The highest BCUT2D eigenvalue weighted by Crippen LogP contribution is 2.23. The van der Waals surface area contributed by atoms with Crippen LogP contribution in [0.25, 0.3) is 11.4 Å². The summed E-state index contributed by atoms with van der Waals surface area (Å²) in [7, 11) is -1.13. The van der Waals surface area contributed by atoms with Crippen molar-refractivity contribution in [3.8, 4) is 0 Å². The first-order valence-electron chi connectivity index (χ1n) is 11.7. The van der Waals surface area contributed by atoms with Crippen molar-refractivity contribution in [3.63, 3.8) is 0 Å². The van der Waals surface area contributed by atoms with Crippen LogP contribution in [0.5, 0.6) is 0 Å². The van der Waals surface area contributed by atoms with Gasteiger partial charge < -0.3 is 14.4 Å². The number of hydrogen-bond donors (Lipinski definition) is 1. The molecule has 0 aliphatic heterocycles. The number of hydrogen-bond acceptors (Lipinski definition) is 4. The van der Waals surface area contributed by atoms with E-state index in [4.69, 9.17) is 4.74 Å². The first-order valence-corrected chi connectivity index (χ1v) is 15.4. The lowest BCUT2D eigenvalue weighted by Gasteiger charge is -2.16. The van der Waals surface area contributed by atoms with Gasteiger partial charge in [-0.1, -0.05) is 56.6 Å². The zero-order valence-corrected chi connectivity index (χ0v) is 21.7. The SMILES string of the molecule is C=C=c1/c(=C(\N=CC)c2cnn(C(CCO)c3ccccc3)c2)ccn1COCC[Si](C)(C)C. The van der Waals surface area contributed by atoms with E-state index in [9.17, 15) is 5.11 Å². The van der Waals surface area contributed by atoms with Crippen LogP contribution >= 0.6 is 0 Å². The van der Waals surface area contributed by atoms with Crippen molar-refractivity contribution in [2.24, 2.45) is 4.99 Å². The van der Waals surface area contributed by atoms with Crippen molar-refractivity contribution < 1.29 is 9.84 Å². The number of nitrogens with zero attached hydrogens (tertiary/aromatic N) is 4. The highest BCUT2D eigenvalue weighted by atomic mass is 28.3. The molecular weight excluding hydrogens is 440 g/mol. The molecule has 0 bridgehead atoms. The third-order valence-electron chi connectivity index (χ3n) is 5.65. The third-order valence-corrected chi connectivity index (χ3v) is 7.36. The topological polar surface area (TPSA) is 64.6 Å². The summed E-state index contributed by atoms with van der Waals surface area (Å²) in [5, 5.41) is 16.1. The van der Waals surface area contributed by atoms with E-state index >= 15 is 0 Å². The van der Waals surface area contributed by atoms with Crippen molar-refractivity contribution in [3.05, 3.63) is 83.3 Å². The zero-order valence-electron chi connectivity index (χ0n) is 20.7. The molecule has 0 aliphatic rings. The number of aliphatic hydroxyl groups excluding tert-OH is 1. The number of ether oxygens (including phenoxy) is 1. The largest absolute Gasteiger partial charge is 0.396 e. The van der Waals surface area contributed by atoms with Crippen LogP contribution in [0.3, 0.4) is 0 Å². The molecule has 0 aliphatic carbocycles. The molecule has 1 unspecified atom stereocenters. The van der Waals surface area contributed by atoms with Crippen LogP contribution in [0.4, 0.5) is 0 Å². The van der Waals surface area contributed by atoms with Gasteiger partial charge in [-0.15, -0.1) is 5.73 Å².